The normalized spacial score (nSPS) is 15.7. The van der Waals surface area contributed by atoms with Gasteiger partial charge in [-0.05, 0) is 36.4 Å². The van der Waals surface area contributed by atoms with E-state index in [0.29, 0.717) is 16.9 Å². The van der Waals surface area contributed by atoms with Crippen LogP contribution in [-0.4, -0.2) is 61.3 Å². The number of carbonyl (C=O) groups is 2. The predicted molar refractivity (Wildman–Crippen MR) is 106 cm³/mol. The SMILES string of the molecule is NCC(=O)c1ccc(CN(C(=O)N2CCS(=O)(=O)CC2)c2ccc(F)cc2)nc1. The number of Topliss-reactive ketones (excluding diaryl/α,β-unsaturated/α-hetero) is 1. The standard InChI is InChI=1S/C19H21FN4O4S/c20-15-2-5-17(6-3-15)24(19(26)23-7-9-29(27,28)10-8-23)13-16-4-1-14(12-22-16)18(25)11-21/h1-6,12H,7-11,13,21H2. The fourth-order valence-corrected chi connectivity index (χ4v) is 4.13. The minimum Gasteiger partial charge on any atom is -0.324 e. The molecule has 1 aromatic carbocycles. The highest BCUT2D eigenvalue weighted by Crippen LogP contribution is 2.20. The lowest BCUT2D eigenvalue weighted by molar-refractivity contribution is 0.100. The minimum absolute atomic E-state index is 0.0742. The van der Waals surface area contributed by atoms with Gasteiger partial charge in [0.15, 0.2) is 15.6 Å². The summed E-state index contributed by atoms with van der Waals surface area (Å²) in [5.74, 6) is -0.869. The molecule has 0 atom stereocenters. The molecule has 1 aromatic heterocycles. The molecule has 8 nitrogen and oxygen atoms in total. The Hall–Kier alpha value is -2.85. The van der Waals surface area contributed by atoms with Crippen molar-refractivity contribution in [2.75, 3.05) is 36.0 Å². The number of ketones is 1. The Balaban J connectivity index is 1.84. The lowest BCUT2D eigenvalue weighted by atomic mass is 10.1. The van der Waals surface area contributed by atoms with Crippen LogP contribution in [-0.2, 0) is 16.4 Å². The number of aromatic nitrogens is 1. The summed E-state index contributed by atoms with van der Waals surface area (Å²) in [7, 11) is -3.14. The van der Waals surface area contributed by atoms with Gasteiger partial charge < -0.3 is 10.6 Å². The van der Waals surface area contributed by atoms with E-state index in [-0.39, 0.29) is 43.5 Å². The molecule has 0 aliphatic carbocycles. The molecule has 2 amide bonds. The number of anilines is 1. The molecule has 2 N–H and O–H groups in total. The van der Waals surface area contributed by atoms with Gasteiger partial charge in [-0.2, -0.15) is 0 Å². The largest absolute Gasteiger partial charge is 0.324 e. The molecule has 2 heterocycles. The predicted octanol–water partition coefficient (Wildman–Crippen LogP) is 1.22. The number of benzene rings is 1. The maximum absolute atomic E-state index is 13.3. The molecule has 29 heavy (non-hydrogen) atoms. The van der Waals surface area contributed by atoms with E-state index in [2.05, 4.69) is 4.98 Å². The highest BCUT2D eigenvalue weighted by Gasteiger charge is 2.29. The van der Waals surface area contributed by atoms with Gasteiger partial charge in [-0.3, -0.25) is 14.7 Å². The van der Waals surface area contributed by atoms with Gasteiger partial charge >= 0.3 is 6.03 Å². The molecule has 0 bridgehead atoms. The van der Waals surface area contributed by atoms with Crippen LogP contribution in [0, 0.1) is 5.82 Å². The van der Waals surface area contributed by atoms with Gasteiger partial charge in [0, 0.05) is 30.5 Å². The van der Waals surface area contributed by atoms with Gasteiger partial charge in [0.2, 0.25) is 0 Å². The number of amides is 2. The number of urea groups is 1. The first-order valence-corrected chi connectivity index (χ1v) is 10.8. The van der Waals surface area contributed by atoms with Crippen LogP contribution in [0.3, 0.4) is 0 Å². The summed E-state index contributed by atoms with van der Waals surface area (Å²) in [6.07, 6.45) is 1.39. The molecule has 2 aromatic rings. The zero-order chi connectivity index (χ0) is 21.0. The van der Waals surface area contributed by atoms with Crippen molar-refractivity contribution in [3.05, 3.63) is 59.7 Å². The van der Waals surface area contributed by atoms with Crippen molar-refractivity contribution < 1.29 is 22.4 Å². The number of carbonyl (C=O) groups excluding carboxylic acids is 2. The number of pyridine rings is 1. The van der Waals surface area contributed by atoms with Crippen LogP contribution in [0.4, 0.5) is 14.9 Å². The maximum Gasteiger partial charge on any atom is 0.324 e. The zero-order valence-corrected chi connectivity index (χ0v) is 16.4. The summed E-state index contributed by atoms with van der Waals surface area (Å²) < 4.78 is 36.7. The topological polar surface area (TPSA) is 114 Å². The van der Waals surface area contributed by atoms with Crippen molar-refractivity contribution in [1.82, 2.24) is 9.88 Å². The smallest absolute Gasteiger partial charge is 0.324 e. The summed E-state index contributed by atoms with van der Waals surface area (Å²) in [4.78, 5) is 31.8. The molecule has 1 aliphatic rings. The van der Waals surface area contributed by atoms with Crippen LogP contribution < -0.4 is 10.6 Å². The van der Waals surface area contributed by atoms with E-state index in [0.717, 1.165) is 0 Å². The summed E-state index contributed by atoms with van der Waals surface area (Å²) in [6.45, 7) is 0.135. The Morgan fingerprint density at radius 1 is 1.10 bits per heavy atom. The van der Waals surface area contributed by atoms with Gasteiger partial charge in [0.25, 0.3) is 0 Å². The van der Waals surface area contributed by atoms with E-state index in [1.807, 2.05) is 0 Å². The van der Waals surface area contributed by atoms with Crippen LogP contribution >= 0.6 is 0 Å². The fraction of sp³-hybridized carbons (Fsp3) is 0.316. The Morgan fingerprint density at radius 3 is 2.31 bits per heavy atom. The first kappa shape index (κ1) is 20.9. The molecule has 0 unspecified atom stereocenters. The second-order valence-corrected chi connectivity index (χ2v) is 8.95. The monoisotopic (exact) mass is 420 g/mol. The lowest BCUT2D eigenvalue weighted by Crippen LogP contribution is -2.49. The van der Waals surface area contributed by atoms with Crippen molar-refractivity contribution in [3.63, 3.8) is 0 Å². The third-order valence-corrected chi connectivity index (χ3v) is 6.25. The first-order chi connectivity index (χ1) is 13.8. The van der Waals surface area contributed by atoms with Crippen LogP contribution in [0.15, 0.2) is 42.6 Å². The number of halogens is 1. The summed E-state index contributed by atoms with van der Waals surface area (Å²) >= 11 is 0. The molecule has 1 fully saturated rings. The van der Waals surface area contributed by atoms with Crippen molar-refractivity contribution in [2.45, 2.75) is 6.54 Å². The quantitative estimate of drug-likeness (QED) is 0.728. The number of rotatable bonds is 5. The highest BCUT2D eigenvalue weighted by atomic mass is 32.2. The molecule has 0 spiro atoms. The van der Waals surface area contributed by atoms with Crippen molar-refractivity contribution in [1.29, 1.82) is 0 Å². The third kappa shape index (κ3) is 5.15. The summed E-state index contributed by atoms with van der Waals surface area (Å²) in [6, 6.07) is 8.24. The van der Waals surface area contributed by atoms with Crippen molar-refractivity contribution in [2.24, 2.45) is 5.73 Å². The van der Waals surface area contributed by atoms with E-state index in [9.17, 15) is 22.4 Å². The Labute approximate surface area is 168 Å². The van der Waals surface area contributed by atoms with Gasteiger partial charge in [0.1, 0.15) is 5.82 Å². The van der Waals surface area contributed by atoms with E-state index in [1.54, 1.807) is 12.1 Å². The molecule has 1 aliphatic heterocycles. The van der Waals surface area contributed by atoms with Crippen molar-refractivity contribution in [3.8, 4) is 0 Å². The van der Waals surface area contributed by atoms with Gasteiger partial charge in [0.05, 0.1) is 30.3 Å². The maximum atomic E-state index is 13.3. The van der Waals surface area contributed by atoms with E-state index >= 15 is 0 Å². The van der Waals surface area contributed by atoms with Crippen LogP contribution in [0.5, 0.6) is 0 Å². The van der Waals surface area contributed by atoms with Gasteiger partial charge in [-0.1, -0.05) is 0 Å². The molecular weight excluding hydrogens is 399 g/mol. The van der Waals surface area contributed by atoms with Crippen LogP contribution in [0.1, 0.15) is 16.1 Å². The second kappa shape index (κ2) is 8.66. The molecule has 0 saturated carbocycles. The number of nitrogens with two attached hydrogens (primary N) is 1. The highest BCUT2D eigenvalue weighted by molar-refractivity contribution is 7.91. The average Bonchev–Trinajstić information content (AvgIpc) is 2.72. The molecule has 0 radical (unpaired) electrons. The Kier molecular flexibility index (Phi) is 6.23. The molecule has 154 valence electrons. The molecular formula is C19H21FN4O4S. The lowest BCUT2D eigenvalue weighted by Gasteiger charge is -2.32. The number of hydrogen-bond donors (Lipinski definition) is 1. The van der Waals surface area contributed by atoms with Crippen molar-refractivity contribution >= 4 is 27.3 Å². The number of nitrogens with zero attached hydrogens (tertiary/aromatic N) is 3. The molecule has 1 saturated heterocycles. The van der Waals surface area contributed by atoms with E-state index in [4.69, 9.17) is 5.73 Å². The van der Waals surface area contributed by atoms with Crippen LogP contribution in [0.25, 0.3) is 0 Å². The van der Waals surface area contributed by atoms with Crippen LogP contribution in [0.2, 0.25) is 0 Å². The number of sulfone groups is 1. The second-order valence-electron chi connectivity index (χ2n) is 6.65. The zero-order valence-electron chi connectivity index (χ0n) is 15.6. The fourth-order valence-electron chi connectivity index (χ4n) is 2.93. The first-order valence-electron chi connectivity index (χ1n) is 9.00. The summed E-state index contributed by atoms with van der Waals surface area (Å²) in [5.41, 5.74) is 6.68. The third-order valence-electron chi connectivity index (χ3n) is 4.64. The van der Waals surface area contributed by atoms with E-state index < -0.39 is 21.7 Å². The van der Waals surface area contributed by atoms with Gasteiger partial charge in [-0.15, -0.1) is 0 Å². The summed E-state index contributed by atoms with van der Waals surface area (Å²) in [5, 5.41) is 0. The molecule has 3 rings (SSSR count). The average molecular weight is 420 g/mol. The van der Waals surface area contributed by atoms with E-state index in [1.165, 1.54) is 40.3 Å². The Morgan fingerprint density at radius 2 is 1.76 bits per heavy atom. The minimum atomic E-state index is -3.14. The van der Waals surface area contributed by atoms with Gasteiger partial charge in [-0.25, -0.2) is 17.6 Å². The number of hydrogen-bond acceptors (Lipinski definition) is 6. The Bertz CT molecular complexity index is 980. The molecule has 10 heteroatoms.